The normalized spacial score (nSPS) is 23.4. The van der Waals surface area contributed by atoms with Gasteiger partial charge in [0, 0.05) is 18.3 Å². The molecular formula is C14H22N2O3S. The predicted octanol–water partition coefficient (Wildman–Crippen LogP) is 2.20. The average molecular weight is 298 g/mol. The van der Waals surface area contributed by atoms with Gasteiger partial charge in [-0.05, 0) is 37.0 Å². The molecule has 112 valence electrons. The highest BCUT2D eigenvalue weighted by Crippen LogP contribution is 2.24. The molecule has 1 aromatic rings. The third kappa shape index (κ3) is 4.11. The highest BCUT2D eigenvalue weighted by Gasteiger charge is 2.21. The van der Waals surface area contributed by atoms with E-state index < -0.39 is 10.0 Å². The summed E-state index contributed by atoms with van der Waals surface area (Å²) in [5.74, 6) is 0.441. The van der Waals surface area contributed by atoms with E-state index in [2.05, 4.69) is 17.0 Å². The molecule has 0 aromatic heterocycles. The van der Waals surface area contributed by atoms with E-state index in [-0.39, 0.29) is 0 Å². The fraction of sp³-hybridized carbons (Fsp3) is 0.571. The van der Waals surface area contributed by atoms with Gasteiger partial charge in [-0.1, -0.05) is 13.0 Å². The van der Waals surface area contributed by atoms with E-state index in [0.29, 0.717) is 17.6 Å². The highest BCUT2D eigenvalue weighted by atomic mass is 32.2. The second-order valence-electron chi connectivity index (χ2n) is 5.50. The maximum absolute atomic E-state index is 11.4. The Balaban J connectivity index is 2.14. The van der Waals surface area contributed by atoms with Crippen molar-refractivity contribution in [1.82, 2.24) is 0 Å². The first kappa shape index (κ1) is 15.1. The summed E-state index contributed by atoms with van der Waals surface area (Å²) < 4.78 is 30.7. The minimum Gasteiger partial charge on any atom is -0.382 e. The SMILES string of the molecule is Cc1ccc(NC2CCOCC2C)cc1NS(C)(=O)=O. The molecule has 2 unspecified atom stereocenters. The summed E-state index contributed by atoms with van der Waals surface area (Å²) in [5, 5.41) is 3.47. The first-order valence-electron chi connectivity index (χ1n) is 6.78. The third-order valence-corrected chi connectivity index (χ3v) is 4.12. The molecule has 0 saturated carbocycles. The molecule has 1 aromatic carbocycles. The number of hydrogen-bond donors (Lipinski definition) is 2. The van der Waals surface area contributed by atoms with Crippen LogP contribution in [0.5, 0.6) is 0 Å². The van der Waals surface area contributed by atoms with Crippen LogP contribution in [0.3, 0.4) is 0 Å². The van der Waals surface area contributed by atoms with Crippen LogP contribution in [0.1, 0.15) is 18.9 Å². The molecule has 0 bridgehead atoms. The molecule has 20 heavy (non-hydrogen) atoms. The van der Waals surface area contributed by atoms with Crippen molar-refractivity contribution in [2.45, 2.75) is 26.3 Å². The largest absolute Gasteiger partial charge is 0.382 e. The molecule has 1 heterocycles. The van der Waals surface area contributed by atoms with Crippen molar-refractivity contribution in [3.05, 3.63) is 23.8 Å². The van der Waals surface area contributed by atoms with Gasteiger partial charge in [0.2, 0.25) is 10.0 Å². The fourth-order valence-electron chi connectivity index (χ4n) is 2.33. The van der Waals surface area contributed by atoms with E-state index in [9.17, 15) is 8.42 Å². The van der Waals surface area contributed by atoms with Gasteiger partial charge in [0.15, 0.2) is 0 Å². The van der Waals surface area contributed by atoms with Crippen molar-refractivity contribution in [1.29, 1.82) is 0 Å². The molecule has 1 aliphatic heterocycles. The molecule has 2 rings (SSSR count). The van der Waals surface area contributed by atoms with Gasteiger partial charge in [-0.15, -0.1) is 0 Å². The quantitative estimate of drug-likeness (QED) is 0.894. The molecule has 0 spiro atoms. The van der Waals surface area contributed by atoms with Crippen LogP contribution in [-0.2, 0) is 14.8 Å². The Morgan fingerprint density at radius 2 is 2.10 bits per heavy atom. The fourth-order valence-corrected chi connectivity index (χ4v) is 2.95. The smallest absolute Gasteiger partial charge is 0.229 e. The van der Waals surface area contributed by atoms with Crippen LogP contribution >= 0.6 is 0 Å². The average Bonchev–Trinajstić information content (AvgIpc) is 2.34. The van der Waals surface area contributed by atoms with Crippen LogP contribution in [0, 0.1) is 12.8 Å². The van der Waals surface area contributed by atoms with E-state index in [1.165, 1.54) is 0 Å². The number of aryl methyl sites for hydroxylation is 1. The van der Waals surface area contributed by atoms with Gasteiger partial charge in [-0.2, -0.15) is 0 Å². The molecule has 1 fully saturated rings. The number of anilines is 2. The van der Waals surface area contributed by atoms with Gasteiger partial charge in [0.1, 0.15) is 0 Å². The van der Waals surface area contributed by atoms with Crippen molar-refractivity contribution in [2.24, 2.45) is 5.92 Å². The number of ether oxygens (including phenoxy) is 1. The van der Waals surface area contributed by atoms with Crippen molar-refractivity contribution in [3.63, 3.8) is 0 Å². The lowest BCUT2D eigenvalue weighted by Crippen LogP contribution is -2.35. The Hall–Kier alpha value is -1.27. The van der Waals surface area contributed by atoms with Crippen LogP contribution in [0.15, 0.2) is 18.2 Å². The molecule has 0 radical (unpaired) electrons. The van der Waals surface area contributed by atoms with E-state index in [1.807, 2.05) is 25.1 Å². The molecule has 6 heteroatoms. The summed E-state index contributed by atoms with van der Waals surface area (Å²) in [6.07, 6.45) is 2.12. The van der Waals surface area contributed by atoms with Gasteiger partial charge in [0.25, 0.3) is 0 Å². The molecule has 0 aliphatic carbocycles. The molecule has 1 aliphatic rings. The van der Waals surface area contributed by atoms with Crippen LogP contribution in [0.2, 0.25) is 0 Å². The van der Waals surface area contributed by atoms with E-state index in [4.69, 9.17) is 4.74 Å². The van der Waals surface area contributed by atoms with Crippen LogP contribution in [0.4, 0.5) is 11.4 Å². The maximum Gasteiger partial charge on any atom is 0.229 e. The number of sulfonamides is 1. The van der Waals surface area contributed by atoms with E-state index >= 15 is 0 Å². The van der Waals surface area contributed by atoms with Crippen molar-refractivity contribution >= 4 is 21.4 Å². The van der Waals surface area contributed by atoms with Gasteiger partial charge in [-0.3, -0.25) is 4.72 Å². The second kappa shape index (κ2) is 6.01. The Labute approximate surface area is 120 Å². The van der Waals surface area contributed by atoms with Crippen molar-refractivity contribution < 1.29 is 13.2 Å². The van der Waals surface area contributed by atoms with Crippen LogP contribution in [-0.4, -0.2) is 33.9 Å². The monoisotopic (exact) mass is 298 g/mol. The first-order valence-corrected chi connectivity index (χ1v) is 8.67. The lowest BCUT2D eigenvalue weighted by Gasteiger charge is -2.30. The zero-order chi connectivity index (χ0) is 14.8. The summed E-state index contributed by atoms with van der Waals surface area (Å²) in [6.45, 7) is 5.56. The summed E-state index contributed by atoms with van der Waals surface area (Å²) in [7, 11) is -3.26. The number of rotatable bonds is 4. The van der Waals surface area contributed by atoms with Gasteiger partial charge in [-0.25, -0.2) is 8.42 Å². The standard InChI is InChI=1S/C14H22N2O3S/c1-10-4-5-12(8-14(10)16-20(3,17)18)15-13-6-7-19-9-11(13)2/h4-5,8,11,13,15-16H,6-7,9H2,1-3H3. The van der Waals surface area contributed by atoms with Crippen LogP contribution in [0.25, 0.3) is 0 Å². The minimum absolute atomic E-state index is 0.359. The van der Waals surface area contributed by atoms with Gasteiger partial charge < -0.3 is 10.1 Å². The molecule has 0 amide bonds. The summed E-state index contributed by atoms with van der Waals surface area (Å²) >= 11 is 0. The van der Waals surface area contributed by atoms with E-state index in [0.717, 1.165) is 37.1 Å². The maximum atomic E-state index is 11.4. The molecule has 5 nitrogen and oxygen atoms in total. The Morgan fingerprint density at radius 1 is 1.35 bits per heavy atom. The lowest BCUT2D eigenvalue weighted by atomic mass is 9.97. The Kier molecular flexibility index (Phi) is 4.55. The summed E-state index contributed by atoms with van der Waals surface area (Å²) in [5.41, 5.74) is 2.46. The highest BCUT2D eigenvalue weighted by molar-refractivity contribution is 7.92. The lowest BCUT2D eigenvalue weighted by molar-refractivity contribution is 0.0538. The molecule has 2 N–H and O–H groups in total. The predicted molar refractivity (Wildman–Crippen MR) is 81.7 cm³/mol. The van der Waals surface area contributed by atoms with Gasteiger partial charge >= 0.3 is 0 Å². The number of nitrogens with one attached hydrogen (secondary N) is 2. The van der Waals surface area contributed by atoms with E-state index in [1.54, 1.807) is 0 Å². The Bertz CT molecular complexity index is 572. The van der Waals surface area contributed by atoms with Crippen molar-refractivity contribution in [3.8, 4) is 0 Å². The number of benzene rings is 1. The molecular weight excluding hydrogens is 276 g/mol. The zero-order valence-corrected chi connectivity index (χ0v) is 13.0. The zero-order valence-electron chi connectivity index (χ0n) is 12.1. The van der Waals surface area contributed by atoms with Crippen molar-refractivity contribution in [2.75, 3.05) is 29.5 Å². The molecule has 1 saturated heterocycles. The van der Waals surface area contributed by atoms with Crippen LogP contribution < -0.4 is 10.0 Å². The number of hydrogen-bond acceptors (Lipinski definition) is 4. The third-order valence-electron chi connectivity index (χ3n) is 3.53. The first-order chi connectivity index (χ1) is 9.35. The minimum atomic E-state index is -3.26. The summed E-state index contributed by atoms with van der Waals surface area (Å²) in [6, 6.07) is 6.10. The topological polar surface area (TPSA) is 67.4 Å². The van der Waals surface area contributed by atoms with Gasteiger partial charge in [0.05, 0.1) is 18.6 Å². The molecule has 2 atom stereocenters. The second-order valence-corrected chi connectivity index (χ2v) is 7.24. The Morgan fingerprint density at radius 3 is 2.75 bits per heavy atom. The summed E-state index contributed by atoms with van der Waals surface area (Å²) in [4.78, 5) is 0.